The number of benzene rings is 1. The van der Waals surface area contributed by atoms with Crippen molar-refractivity contribution in [3.05, 3.63) is 59.7 Å². The number of carbonyl (C=O) groups excluding carboxylic acids is 1. The lowest BCUT2D eigenvalue weighted by Gasteiger charge is -2.09. The van der Waals surface area contributed by atoms with Crippen molar-refractivity contribution in [3.63, 3.8) is 0 Å². The Balaban J connectivity index is 1.65. The fraction of sp³-hybridized carbons (Fsp3) is 0.200. The van der Waals surface area contributed by atoms with Crippen molar-refractivity contribution in [3.8, 4) is 0 Å². The molecular weight excluding hydrogens is 268 g/mol. The number of nitrogens with zero attached hydrogens (tertiary/aromatic N) is 3. The number of rotatable bonds is 4. The van der Waals surface area contributed by atoms with Crippen molar-refractivity contribution in [2.24, 2.45) is 5.16 Å². The molecule has 6 heteroatoms. The summed E-state index contributed by atoms with van der Waals surface area (Å²) in [6, 6.07) is 11.3. The van der Waals surface area contributed by atoms with Crippen LogP contribution >= 0.6 is 0 Å². The Morgan fingerprint density at radius 2 is 2.14 bits per heavy atom. The fourth-order valence-electron chi connectivity index (χ4n) is 2.01. The highest BCUT2D eigenvalue weighted by Gasteiger charge is 2.19. The molecule has 1 unspecified atom stereocenters. The minimum absolute atomic E-state index is 0.228. The smallest absolute Gasteiger partial charge is 0.270 e. The largest absolute Gasteiger partial charge is 0.386 e. The van der Waals surface area contributed by atoms with Gasteiger partial charge < -0.3 is 10.2 Å². The molecule has 1 aliphatic heterocycles. The van der Waals surface area contributed by atoms with Crippen molar-refractivity contribution in [2.45, 2.75) is 19.1 Å². The summed E-state index contributed by atoms with van der Waals surface area (Å²) in [4.78, 5) is 25.4. The Bertz CT molecular complexity index is 650. The van der Waals surface area contributed by atoms with Gasteiger partial charge in [-0.3, -0.25) is 4.79 Å². The summed E-state index contributed by atoms with van der Waals surface area (Å²) in [5.41, 5.74) is 2.02. The fourth-order valence-corrected chi connectivity index (χ4v) is 2.01. The van der Waals surface area contributed by atoms with Crippen LogP contribution in [0.15, 0.2) is 47.9 Å². The average Bonchev–Trinajstić information content (AvgIpc) is 3.08. The molecule has 1 aromatic carbocycles. The van der Waals surface area contributed by atoms with E-state index in [4.69, 9.17) is 4.84 Å². The van der Waals surface area contributed by atoms with Gasteiger partial charge in [-0.05, 0) is 11.6 Å². The third-order valence-corrected chi connectivity index (χ3v) is 3.13. The monoisotopic (exact) mass is 282 g/mol. The first-order chi connectivity index (χ1) is 10.3. The van der Waals surface area contributed by atoms with Gasteiger partial charge in [0.05, 0.1) is 5.69 Å². The van der Waals surface area contributed by atoms with Gasteiger partial charge in [0.2, 0.25) is 0 Å². The van der Waals surface area contributed by atoms with Gasteiger partial charge >= 0.3 is 0 Å². The van der Waals surface area contributed by atoms with Gasteiger partial charge in [0.25, 0.3) is 5.91 Å². The van der Waals surface area contributed by atoms with Crippen molar-refractivity contribution in [1.29, 1.82) is 0 Å². The summed E-state index contributed by atoms with van der Waals surface area (Å²) >= 11 is 0. The lowest BCUT2D eigenvalue weighted by atomic mass is 10.1. The second kappa shape index (κ2) is 6.13. The van der Waals surface area contributed by atoms with Crippen LogP contribution in [-0.2, 0) is 11.4 Å². The minimum Gasteiger partial charge on any atom is -0.386 e. The molecule has 0 saturated carbocycles. The molecule has 0 spiro atoms. The van der Waals surface area contributed by atoms with Gasteiger partial charge in [-0.2, -0.15) is 0 Å². The summed E-state index contributed by atoms with van der Waals surface area (Å²) < 4.78 is 0. The van der Waals surface area contributed by atoms with E-state index in [2.05, 4.69) is 20.4 Å². The standard InChI is InChI=1S/C15H14N4O2/c20-15(16-9-11-4-2-1-3-5-11)13-8-12(17-10-18-13)14-6-7-19-21-14/h1-5,7-8,10,14H,6,9H2,(H,16,20). The molecule has 0 bridgehead atoms. The highest BCUT2D eigenvalue weighted by atomic mass is 16.6. The summed E-state index contributed by atoms with van der Waals surface area (Å²) in [5, 5.41) is 6.54. The molecule has 2 aromatic rings. The number of carbonyl (C=O) groups is 1. The molecule has 21 heavy (non-hydrogen) atoms. The van der Waals surface area contributed by atoms with E-state index >= 15 is 0 Å². The first kappa shape index (κ1) is 13.2. The van der Waals surface area contributed by atoms with E-state index in [0.717, 1.165) is 5.56 Å². The zero-order valence-electron chi connectivity index (χ0n) is 11.3. The second-order valence-corrected chi connectivity index (χ2v) is 4.61. The maximum absolute atomic E-state index is 12.1. The highest BCUT2D eigenvalue weighted by molar-refractivity contribution is 5.92. The molecule has 0 fully saturated rings. The predicted octanol–water partition coefficient (Wildman–Crippen LogP) is 1.85. The molecular formula is C15H14N4O2. The van der Waals surface area contributed by atoms with Crippen molar-refractivity contribution >= 4 is 12.1 Å². The van der Waals surface area contributed by atoms with Gasteiger partial charge in [-0.15, -0.1) is 0 Å². The molecule has 1 amide bonds. The zero-order chi connectivity index (χ0) is 14.5. The number of amides is 1. The summed E-state index contributed by atoms with van der Waals surface area (Å²) in [5.74, 6) is -0.235. The van der Waals surface area contributed by atoms with Crippen LogP contribution in [0, 0.1) is 0 Å². The molecule has 0 saturated heterocycles. The van der Waals surface area contributed by atoms with E-state index < -0.39 is 0 Å². The average molecular weight is 282 g/mol. The molecule has 1 aromatic heterocycles. The Morgan fingerprint density at radius 3 is 2.90 bits per heavy atom. The number of nitrogens with one attached hydrogen (secondary N) is 1. The van der Waals surface area contributed by atoms with Gasteiger partial charge in [-0.1, -0.05) is 35.5 Å². The molecule has 1 atom stereocenters. The first-order valence-electron chi connectivity index (χ1n) is 6.64. The van der Waals surface area contributed by atoms with E-state index in [-0.39, 0.29) is 12.0 Å². The maximum atomic E-state index is 12.1. The van der Waals surface area contributed by atoms with Gasteiger partial charge in [-0.25, -0.2) is 9.97 Å². The Morgan fingerprint density at radius 1 is 1.29 bits per heavy atom. The Kier molecular flexibility index (Phi) is 3.86. The molecule has 1 N–H and O–H groups in total. The minimum atomic E-state index is -0.235. The lowest BCUT2D eigenvalue weighted by molar-refractivity contribution is 0.0821. The van der Waals surface area contributed by atoms with Crippen molar-refractivity contribution < 1.29 is 9.63 Å². The van der Waals surface area contributed by atoms with Crippen LogP contribution in [-0.4, -0.2) is 22.1 Å². The van der Waals surface area contributed by atoms with Gasteiger partial charge in [0.1, 0.15) is 12.0 Å². The SMILES string of the molecule is O=C(NCc1ccccc1)c1cc(C2CC=NO2)ncn1. The van der Waals surface area contributed by atoms with E-state index in [1.807, 2.05) is 30.3 Å². The van der Waals surface area contributed by atoms with Crippen LogP contribution in [0.25, 0.3) is 0 Å². The van der Waals surface area contributed by atoms with E-state index in [1.54, 1.807) is 12.3 Å². The Hall–Kier alpha value is -2.76. The van der Waals surface area contributed by atoms with Gasteiger partial charge in [0.15, 0.2) is 6.10 Å². The normalized spacial score (nSPS) is 16.5. The van der Waals surface area contributed by atoms with Crippen LogP contribution in [0.3, 0.4) is 0 Å². The topological polar surface area (TPSA) is 76.5 Å². The second-order valence-electron chi connectivity index (χ2n) is 4.61. The van der Waals surface area contributed by atoms with Crippen LogP contribution < -0.4 is 5.32 Å². The quantitative estimate of drug-likeness (QED) is 0.928. The molecule has 0 aliphatic carbocycles. The molecule has 0 radical (unpaired) electrons. The van der Waals surface area contributed by atoms with Gasteiger partial charge in [0, 0.05) is 19.2 Å². The predicted molar refractivity (Wildman–Crippen MR) is 76.6 cm³/mol. The van der Waals surface area contributed by atoms with Crippen molar-refractivity contribution in [2.75, 3.05) is 0 Å². The summed E-state index contributed by atoms with van der Waals surface area (Å²) in [6.45, 7) is 0.460. The van der Waals surface area contributed by atoms with E-state index in [9.17, 15) is 4.79 Å². The number of aromatic nitrogens is 2. The first-order valence-corrected chi connectivity index (χ1v) is 6.64. The Labute approximate surface area is 121 Å². The third-order valence-electron chi connectivity index (χ3n) is 3.13. The molecule has 2 heterocycles. The lowest BCUT2D eigenvalue weighted by Crippen LogP contribution is -2.24. The molecule has 6 nitrogen and oxygen atoms in total. The van der Waals surface area contributed by atoms with E-state index in [1.165, 1.54) is 6.33 Å². The summed E-state index contributed by atoms with van der Waals surface area (Å²) in [6.07, 6.45) is 3.48. The highest BCUT2D eigenvalue weighted by Crippen LogP contribution is 2.22. The van der Waals surface area contributed by atoms with Crippen LogP contribution in [0.5, 0.6) is 0 Å². The molecule has 3 rings (SSSR count). The number of hydrogen-bond donors (Lipinski definition) is 1. The zero-order valence-corrected chi connectivity index (χ0v) is 11.3. The van der Waals surface area contributed by atoms with Crippen LogP contribution in [0.4, 0.5) is 0 Å². The molecule has 1 aliphatic rings. The summed E-state index contributed by atoms with van der Waals surface area (Å²) in [7, 11) is 0. The number of oxime groups is 1. The number of hydrogen-bond acceptors (Lipinski definition) is 5. The molecule has 106 valence electrons. The maximum Gasteiger partial charge on any atom is 0.270 e. The van der Waals surface area contributed by atoms with E-state index in [0.29, 0.717) is 24.4 Å². The van der Waals surface area contributed by atoms with Crippen LogP contribution in [0.1, 0.15) is 34.3 Å². The third kappa shape index (κ3) is 3.22. The van der Waals surface area contributed by atoms with Crippen LogP contribution in [0.2, 0.25) is 0 Å². The van der Waals surface area contributed by atoms with Crippen molar-refractivity contribution in [1.82, 2.24) is 15.3 Å².